The van der Waals surface area contributed by atoms with Gasteiger partial charge in [0.25, 0.3) is 5.91 Å². The van der Waals surface area contributed by atoms with E-state index in [1.165, 1.54) is 5.56 Å². The topological polar surface area (TPSA) is 116 Å². The predicted octanol–water partition coefficient (Wildman–Crippen LogP) is 4.32. The molecule has 4 rings (SSSR count). The van der Waals surface area contributed by atoms with Gasteiger partial charge in [-0.3, -0.25) is 4.79 Å². The van der Waals surface area contributed by atoms with Crippen LogP contribution in [0.4, 0.5) is 0 Å². The molecule has 0 heterocycles. The molecule has 0 saturated heterocycles. The molecule has 3 aromatic rings. The molecule has 0 aliphatic heterocycles. The molecule has 0 spiro atoms. The summed E-state index contributed by atoms with van der Waals surface area (Å²) in [6.07, 6.45) is 4.52. The molecular formula is C31H38N2O5S. The van der Waals surface area contributed by atoms with E-state index in [2.05, 4.69) is 34.3 Å². The molecule has 208 valence electrons. The number of amides is 1. The molecular weight excluding hydrogens is 512 g/mol. The molecule has 8 heteroatoms. The summed E-state index contributed by atoms with van der Waals surface area (Å²) in [6.45, 7) is 0.999. The summed E-state index contributed by atoms with van der Waals surface area (Å²) in [6, 6.07) is 23.6. The van der Waals surface area contributed by atoms with Gasteiger partial charge in [0.2, 0.25) is 10.0 Å². The zero-order chi connectivity index (χ0) is 27.7. The average Bonchev–Trinajstić information content (AvgIpc) is 3.49. The molecule has 1 aliphatic carbocycles. The van der Waals surface area contributed by atoms with Crippen LogP contribution in [0.15, 0.2) is 72.8 Å². The molecule has 0 radical (unpaired) electrons. The summed E-state index contributed by atoms with van der Waals surface area (Å²) in [4.78, 5) is 13.0. The fourth-order valence-electron chi connectivity index (χ4n) is 5.15. The Morgan fingerprint density at radius 2 is 1.64 bits per heavy atom. The van der Waals surface area contributed by atoms with Gasteiger partial charge in [-0.2, -0.15) is 0 Å². The molecule has 0 aromatic heterocycles. The highest BCUT2D eigenvalue weighted by Crippen LogP contribution is 2.38. The van der Waals surface area contributed by atoms with Gasteiger partial charge in [-0.25, -0.2) is 13.1 Å². The van der Waals surface area contributed by atoms with Gasteiger partial charge in [-0.05, 0) is 72.0 Å². The Bertz CT molecular complexity index is 1320. The van der Waals surface area contributed by atoms with E-state index in [0.717, 1.165) is 60.9 Å². The molecule has 4 N–H and O–H groups in total. The second kappa shape index (κ2) is 13.8. The van der Waals surface area contributed by atoms with Gasteiger partial charge >= 0.3 is 0 Å². The van der Waals surface area contributed by atoms with Crippen LogP contribution in [0, 0.1) is 0 Å². The summed E-state index contributed by atoms with van der Waals surface area (Å²) in [5.41, 5.74) is 5.41. The van der Waals surface area contributed by atoms with Gasteiger partial charge < -0.3 is 15.5 Å². The lowest BCUT2D eigenvalue weighted by molar-refractivity contribution is 0.0980. The Hall–Kier alpha value is -3.04. The maximum absolute atomic E-state index is 13.0. The third-order valence-electron chi connectivity index (χ3n) is 7.31. The standard InChI is InChI=1S/C31H38N2O5S/c34-19-6-20-39(37,38)33-31(36)28-16-15-27(21-29(28)25-7-4-5-8-25)24-13-11-23(12-14-24)17-18-32-22-30(35)26-9-2-1-3-10-26/h1-3,9-16,21,25,30,32,34-35H,4-8,17-20,22H2,(H,33,36)/t30-/m1/s1. The highest BCUT2D eigenvalue weighted by molar-refractivity contribution is 7.90. The minimum Gasteiger partial charge on any atom is -0.396 e. The van der Waals surface area contributed by atoms with Crippen LogP contribution in [0.25, 0.3) is 11.1 Å². The molecule has 3 aromatic carbocycles. The number of hydrogen-bond acceptors (Lipinski definition) is 6. The van der Waals surface area contributed by atoms with E-state index in [1.807, 2.05) is 42.5 Å². The first-order valence-corrected chi connectivity index (χ1v) is 15.3. The van der Waals surface area contributed by atoms with Crippen LogP contribution in [-0.4, -0.2) is 50.0 Å². The Balaban J connectivity index is 1.41. The first kappa shape index (κ1) is 29.0. The molecule has 7 nitrogen and oxygen atoms in total. The van der Waals surface area contributed by atoms with Crippen LogP contribution >= 0.6 is 0 Å². The van der Waals surface area contributed by atoms with Gasteiger partial charge in [0.05, 0.1) is 11.9 Å². The third kappa shape index (κ3) is 8.22. The number of aliphatic hydroxyl groups is 2. The quantitative estimate of drug-likeness (QED) is 0.236. The second-order valence-corrected chi connectivity index (χ2v) is 12.0. The van der Waals surface area contributed by atoms with Crippen molar-refractivity contribution >= 4 is 15.9 Å². The van der Waals surface area contributed by atoms with E-state index in [1.54, 1.807) is 6.07 Å². The maximum atomic E-state index is 13.0. The number of aliphatic hydroxyl groups excluding tert-OH is 2. The van der Waals surface area contributed by atoms with Crippen LogP contribution in [0.5, 0.6) is 0 Å². The van der Waals surface area contributed by atoms with Crippen molar-refractivity contribution in [3.8, 4) is 11.1 Å². The molecule has 1 atom stereocenters. The van der Waals surface area contributed by atoms with Crippen LogP contribution in [0.1, 0.15) is 71.2 Å². The summed E-state index contributed by atoms with van der Waals surface area (Å²) in [7, 11) is -3.81. The highest BCUT2D eigenvalue weighted by Gasteiger charge is 2.25. The van der Waals surface area contributed by atoms with Crippen molar-refractivity contribution in [1.29, 1.82) is 0 Å². The van der Waals surface area contributed by atoms with Gasteiger partial charge in [-0.15, -0.1) is 0 Å². The number of rotatable bonds is 13. The number of carbonyl (C=O) groups is 1. The van der Waals surface area contributed by atoms with Gasteiger partial charge in [0.15, 0.2) is 0 Å². The number of sulfonamides is 1. The zero-order valence-electron chi connectivity index (χ0n) is 22.2. The zero-order valence-corrected chi connectivity index (χ0v) is 23.0. The lowest BCUT2D eigenvalue weighted by Crippen LogP contribution is -2.33. The molecule has 1 saturated carbocycles. The van der Waals surface area contributed by atoms with Crippen molar-refractivity contribution in [2.24, 2.45) is 0 Å². The second-order valence-electron chi connectivity index (χ2n) is 10.2. The van der Waals surface area contributed by atoms with Crippen molar-refractivity contribution in [2.45, 2.75) is 50.5 Å². The molecule has 1 aliphatic rings. The molecule has 0 unspecified atom stereocenters. The van der Waals surface area contributed by atoms with E-state index in [-0.39, 0.29) is 24.7 Å². The van der Waals surface area contributed by atoms with Crippen molar-refractivity contribution in [1.82, 2.24) is 10.0 Å². The SMILES string of the molecule is O=C(NS(=O)(=O)CCCO)c1ccc(-c2ccc(CCNC[C@@H](O)c3ccccc3)cc2)cc1C1CCCC1. The summed E-state index contributed by atoms with van der Waals surface area (Å²) >= 11 is 0. The molecule has 0 bridgehead atoms. The fraction of sp³-hybridized carbons (Fsp3) is 0.387. The Labute approximate surface area is 231 Å². The largest absolute Gasteiger partial charge is 0.396 e. The van der Waals surface area contributed by atoms with Crippen LogP contribution in [-0.2, 0) is 16.4 Å². The van der Waals surface area contributed by atoms with Crippen molar-refractivity contribution in [3.05, 3.63) is 95.1 Å². The maximum Gasteiger partial charge on any atom is 0.265 e. The number of hydrogen-bond donors (Lipinski definition) is 4. The van der Waals surface area contributed by atoms with Gasteiger partial charge in [0.1, 0.15) is 0 Å². The van der Waals surface area contributed by atoms with Gasteiger partial charge in [0, 0.05) is 18.7 Å². The van der Waals surface area contributed by atoms with Crippen LogP contribution < -0.4 is 10.0 Å². The summed E-state index contributed by atoms with van der Waals surface area (Å²) in [5.74, 6) is -0.675. The predicted molar refractivity (Wildman–Crippen MR) is 154 cm³/mol. The van der Waals surface area contributed by atoms with E-state index in [9.17, 15) is 18.3 Å². The van der Waals surface area contributed by atoms with Gasteiger partial charge in [-0.1, -0.05) is 79.6 Å². The Kier molecular flexibility index (Phi) is 10.3. The van der Waals surface area contributed by atoms with Crippen molar-refractivity contribution in [3.63, 3.8) is 0 Å². The number of carbonyl (C=O) groups excluding carboxylic acids is 1. The lowest BCUT2D eigenvalue weighted by Gasteiger charge is -2.17. The minimum absolute atomic E-state index is 0.0821. The van der Waals surface area contributed by atoms with Crippen molar-refractivity contribution in [2.75, 3.05) is 25.4 Å². The molecule has 1 fully saturated rings. The average molecular weight is 551 g/mol. The first-order valence-electron chi connectivity index (χ1n) is 13.7. The normalized spacial score (nSPS) is 14.8. The Morgan fingerprint density at radius 1 is 0.949 bits per heavy atom. The highest BCUT2D eigenvalue weighted by atomic mass is 32.2. The van der Waals surface area contributed by atoms with Crippen molar-refractivity contribution < 1.29 is 23.4 Å². The summed E-state index contributed by atoms with van der Waals surface area (Å²) in [5, 5.41) is 22.6. The smallest absolute Gasteiger partial charge is 0.265 e. The van der Waals surface area contributed by atoms with E-state index >= 15 is 0 Å². The Morgan fingerprint density at radius 3 is 2.33 bits per heavy atom. The fourth-order valence-corrected chi connectivity index (χ4v) is 6.16. The monoisotopic (exact) mass is 550 g/mol. The van der Waals surface area contributed by atoms with Crippen LogP contribution in [0.2, 0.25) is 0 Å². The van der Waals surface area contributed by atoms with E-state index in [0.29, 0.717) is 12.1 Å². The molecule has 1 amide bonds. The summed E-state index contributed by atoms with van der Waals surface area (Å²) < 4.78 is 26.7. The molecule has 39 heavy (non-hydrogen) atoms. The van der Waals surface area contributed by atoms with E-state index in [4.69, 9.17) is 5.11 Å². The number of nitrogens with one attached hydrogen (secondary N) is 2. The number of benzene rings is 3. The first-order chi connectivity index (χ1) is 18.9. The van der Waals surface area contributed by atoms with Crippen LogP contribution in [0.3, 0.4) is 0 Å². The minimum atomic E-state index is -3.81. The third-order valence-corrected chi connectivity index (χ3v) is 8.63. The lowest BCUT2D eigenvalue weighted by atomic mass is 9.89. The van der Waals surface area contributed by atoms with E-state index < -0.39 is 22.0 Å².